The van der Waals surface area contributed by atoms with E-state index in [2.05, 4.69) is 5.10 Å². The molecule has 0 aliphatic carbocycles. The van der Waals surface area contributed by atoms with Gasteiger partial charge in [-0.05, 0) is 29.6 Å². The van der Waals surface area contributed by atoms with Gasteiger partial charge in [0.25, 0.3) is 5.89 Å². The van der Waals surface area contributed by atoms with Crippen LogP contribution in [0.3, 0.4) is 0 Å². The van der Waals surface area contributed by atoms with Crippen molar-refractivity contribution in [2.45, 2.75) is 6.54 Å². The highest BCUT2D eigenvalue weighted by molar-refractivity contribution is 7.13. The zero-order valence-electron chi connectivity index (χ0n) is 11.7. The number of aromatic nitrogens is 2. The Kier molecular flexibility index (Phi) is 3.23. The molecule has 4 rings (SSSR count). The minimum atomic E-state index is -0.664. The molecule has 0 amide bonds. The molecule has 0 atom stereocenters. The molecule has 0 spiro atoms. The number of ketones is 1. The van der Waals surface area contributed by atoms with Crippen LogP contribution in [-0.2, 0) is 6.54 Å². The van der Waals surface area contributed by atoms with E-state index in [0.717, 1.165) is 9.56 Å². The molecule has 3 heterocycles. The Hall–Kier alpha value is -2.87. The van der Waals surface area contributed by atoms with Crippen molar-refractivity contribution >= 4 is 17.1 Å². The number of fused-ring (bicyclic) bond motifs is 1. The van der Waals surface area contributed by atoms with Crippen molar-refractivity contribution in [3.8, 4) is 22.3 Å². The molecule has 0 bridgehead atoms. The average Bonchev–Trinajstić information content (AvgIpc) is 3.27. The van der Waals surface area contributed by atoms with Crippen LogP contribution in [-0.4, -0.2) is 22.4 Å². The molecule has 0 saturated carbocycles. The summed E-state index contributed by atoms with van der Waals surface area (Å²) in [5, 5.41) is 5.91. The molecule has 2 aromatic heterocycles. The molecule has 3 aromatic rings. The lowest BCUT2D eigenvalue weighted by molar-refractivity contribution is 0.0964. The van der Waals surface area contributed by atoms with Crippen LogP contribution in [0, 0.1) is 0 Å². The van der Waals surface area contributed by atoms with E-state index in [9.17, 15) is 9.59 Å². The fourth-order valence-corrected chi connectivity index (χ4v) is 2.85. The molecule has 1 aliphatic rings. The first-order valence-electron chi connectivity index (χ1n) is 6.75. The van der Waals surface area contributed by atoms with E-state index in [4.69, 9.17) is 13.9 Å². The van der Waals surface area contributed by atoms with E-state index in [1.807, 2.05) is 11.4 Å². The van der Waals surface area contributed by atoms with E-state index in [1.54, 1.807) is 24.3 Å². The van der Waals surface area contributed by atoms with E-state index in [1.165, 1.54) is 11.3 Å². The minimum Gasteiger partial charge on any atom is -0.454 e. The number of ether oxygens (including phenoxy) is 2. The Morgan fingerprint density at radius 3 is 2.96 bits per heavy atom. The number of rotatable bonds is 4. The van der Waals surface area contributed by atoms with Crippen LogP contribution in [0.15, 0.2) is 44.9 Å². The monoisotopic (exact) mass is 330 g/mol. The predicted octanol–water partition coefficient (Wildman–Crippen LogP) is 2.18. The number of Topliss-reactive ketones (excluding diaryl/α,β-unsaturated/α-hetero) is 1. The molecule has 0 unspecified atom stereocenters. The molecular formula is C15H10N2O5S. The first kappa shape index (κ1) is 13.8. The first-order chi connectivity index (χ1) is 11.2. The van der Waals surface area contributed by atoms with Gasteiger partial charge in [-0.25, -0.2) is 4.79 Å². The number of hydrogen-bond donors (Lipinski definition) is 0. The summed E-state index contributed by atoms with van der Waals surface area (Å²) in [4.78, 5) is 24.9. The van der Waals surface area contributed by atoms with E-state index in [-0.39, 0.29) is 25.0 Å². The van der Waals surface area contributed by atoms with Crippen molar-refractivity contribution in [2.75, 3.05) is 6.79 Å². The van der Waals surface area contributed by atoms with Crippen molar-refractivity contribution in [2.24, 2.45) is 0 Å². The highest BCUT2D eigenvalue weighted by Gasteiger charge is 2.18. The lowest BCUT2D eigenvalue weighted by Crippen LogP contribution is -2.21. The molecule has 1 aromatic carbocycles. The normalized spacial score (nSPS) is 12.5. The number of nitrogens with zero attached hydrogens (tertiary/aromatic N) is 2. The molecule has 0 N–H and O–H groups in total. The topological polar surface area (TPSA) is 83.6 Å². The van der Waals surface area contributed by atoms with E-state index < -0.39 is 5.76 Å². The van der Waals surface area contributed by atoms with Crippen molar-refractivity contribution in [1.29, 1.82) is 0 Å². The molecule has 23 heavy (non-hydrogen) atoms. The minimum absolute atomic E-state index is 0.139. The second kappa shape index (κ2) is 5.40. The van der Waals surface area contributed by atoms with Gasteiger partial charge in [0.15, 0.2) is 17.3 Å². The summed E-state index contributed by atoms with van der Waals surface area (Å²) in [6, 6.07) is 8.51. The van der Waals surface area contributed by atoms with Gasteiger partial charge in [0, 0.05) is 5.56 Å². The molecule has 8 heteroatoms. The molecule has 0 fully saturated rings. The largest absolute Gasteiger partial charge is 0.454 e. The SMILES string of the molecule is O=C(Cn1nc(-c2cccs2)oc1=O)c1ccc2c(c1)OCO2. The van der Waals surface area contributed by atoms with Crippen molar-refractivity contribution in [1.82, 2.24) is 9.78 Å². The summed E-state index contributed by atoms with van der Waals surface area (Å²) in [6.07, 6.45) is 0. The fraction of sp³-hybridized carbons (Fsp3) is 0.133. The quantitative estimate of drug-likeness (QED) is 0.682. The Labute approximate surface area is 133 Å². The third-order valence-corrected chi connectivity index (χ3v) is 4.18. The number of hydrogen-bond acceptors (Lipinski definition) is 7. The van der Waals surface area contributed by atoms with Crippen LogP contribution in [0.2, 0.25) is 0 Å². The molecule has 116 valence electrons. The van der Waals surface area contributed by atoms with Gasteiger partial charge in [0.2, 0.25) is 6.79 Å². The second-order valence-corrected chi connectivity index (χ2v) is 5.75. The molecule has 0 radical (unpaired) electrons. The van der Waals surface area contributed by atoms with Gasteiger partial charge in [-0.1, -0.05) is 6.07 Å². The average molecular weight is 330 g/mol. The number of carbonyl (C=O) groups excluding carboxylic acids is 1. The first-order valence-corrected chi connectivity index (χ1v) is 7.63. The van der Waals surface area contributed by atoms with Gasteiger partial charge in [0.05, 0.1) is 4.88 Å². The van der Waals surface area contributed by atoms with Crippen LogP contribution in [0.4, 0.5) is 0 Å². The Balaban J connectivity index is 1.58. The highest BCUT2D eigenvalue weighted by atomic mass is 32.1. The lowest BCUT2D eigenvalue weighted by atomic mass is 10.1. The lowest BCUT2D eigenvalue weighted by Gasteiger charge is -2.01. The molecule has 1 aliphatic heterocycles. The fourth-order valence-electron chi connectivity index (χ4n) is 2.20. The predicted molar refractivity (Wildman–Crippen MR) is 81.0 cm³/mol. The third-order valence-electron chi connectivity index (χ3n) is 3.33. The van der Waals surface area contributed by atoms with Crippen molar-refractivity contribution in [3.05, 3.63) is 51.8 Å². The van der Waals surface area contributed by atoms with E-state index >= 15 is 0 Å². The summed E-state index contributed by atoms with van der Waals surface area (Å²) in [5.41, 5.74) is 0.418. The van der Waals surface area contributed by atoms with Crippen molar-refractivity contribution < 1.29 is 18.7 Å². The molecular weight excluding hydrogens is 320 g/mol. The van der Waals surface area contributed by atoms with E-state index in [0.29, 0.717) is 17.1 Å². The van der Waals surface area contributed by atoms with Gasteiger partial charge < -0.3 is 13.9 Å². The Bertz CT molecular complexity index is 926. The highest BCUT2D eigenvalue weighted by Crippen LogP contribution is 2.32. The second-order valence-electron chi connectivity index (χ2n) is 4.80. The van der Waals surface area contributed by atoms with Gasteiger partial charge >= 0.3 is 5.76 Å². The van der Waals surface area contributed by atoms with Crippen molar-refractivity contribution in [3.63, 3.8) is 0 Å². The standard InChI is InChI=1S/C15H10N2O5S/c18-10(9-3-4-11-12(6-9)21-8-20-11)7-17-15(19)22-14(16-17)13-2-1-5-23-13/h1-6H,7-8H2. The summed E-state index contributed by atoms with van der Waals surface area (Å²) in [5.74, 6) is 0.394. The maximum absolute atomic E-state index is 12.3. The van der Waals surface area contributed by atoms with Gasteiger partial charge in [-0.15, -0.1) is 16.4 Å². The third kappa shape index (κ3) is 2.53. The van der Waals surface area contributed by atoms with Crippen LogP contribution in [0.25, 0.3) is 10.8 Å². The zero-order valence-corrected chi connectivity index (χ0v) is 12.5. The number of benzene rings is 1. The van der Waals surface area contributed by atoms with Crippen LogP contribution >= 0.6 is 11.3 Å². The summed E-state index contributed by atoms with van der Waals surface area (Å²) >= 11 is 1.40. The summed E-state index contributed by atoms with van der Waals surface area (Å²) in [6.45, 7) is -0.0623. The van der Waals surface area contributed by atoms with Crippen LogP contribution in [0.5, 0.6) is 11.5 Å². The number of carbonyl (C=O) groups is 1. The van der Waals surface area contributed by atoms with Gasteiger partial charge in [0.1, 0.15) is 6.54 Å². The van der Waals surface area contributed by atoms with Crippen LogP contribution in [0.1, 0.15) is 10.4 Å². The smallest absolute Gasteiger partial charge is 0.437 e. The summed E-state index contributed by atoms with van der Waals surface area (Å²) < 4.78 is 16.5. The Morgan fingerprint density at radius 1 is 1.26 bits per heavy atom. The maximum atomic E-state index is 12.3. The number of thiophene rings is 1. The summed E-state index contributed by atoms with van der Waals surface area (Å²) in [7, 11) is 0. The van der Waals surface area contributed by atoms with Gasteiger partial charge in [-0.3, -0.25) is 4.79 Å². The zero-order chi connectivity index (χ0) is 15.8. The molecule has 7 nitrogen and oxygen atoms in total. The van der Waals surface area contributed by atoms with Gasteiger partial charge in [-0.2, -0.15) is 4.68 Å². The van der Waals surface area contributed by atoms with Crippen LogP contribution < -0.4 is 15.2 Å². The maximum Gasteiger partial charge on any atom is 0.437 e. The Morgan fingerprint density at radius 2 is 2.13 bits per heavy atom. The molecule has 0 saturated heterocycles.